The van der Waals surface area contributed by atoms with Gasteiger partial charge in [0.05, 0.1) is 11.1 Å². The van der Waals surface area contributed by atoms with Gasteiger partial charge >= 0.3 is 0 Å². The summed E-state index contributed by atoms with van der Waals surface area (Å²) in [6, 6.07) is 7.44. The third kappa shape index (κ3) is 3.91. The first kappa shape index (κ1) is 17.6. The Hall–Kier alpha value is -2.17. The number of carbonyl (C=O) groups excluding carboxylic acids is 1. The largest absolute Gasteiger partial charge is 0.341 e. The van der Waals surface area contributed by atoms with Crippen LogP contribution in [-0.4, -0.2) is 33.7 Å². The van der Waals surface area contributed by atoms with Crippen LogP contribution >= 0.6 is 0 Å². The van der Waals surface area contributed by atoms with E-state index in [9.17, 15) is 9.59 Å². The van der Waals surface area contributed by atoms with Gasteiger partial charge < -0.3 is 4.90 Å². The molecule has 0 radical (unpaired) electrons. The van der Waals surface area contributed by atoms with Crippen LogP contribution in [0.1, 0.15) is 44.7 Å². The number of aryl methyl sites for hydroxylation is 1. The third-order valence-electron chi connectivity index (χ3n) is 5.23. The highest BCUT2D eigenvalue weighted by molar-refractivity contribution is 5.83. The summed E-state index contributed by atoms with van der Waals surface area (Å²) in [7, 11) is 0. The van der Waals surface area contributed by atoms with Crippen molar-refractivity contribution in [3.63, 3.8) is 0 Å². The summed E-state index contributed by atoms with van der Waals surface area (Å²) in [6.07, 6.45) is 5.76. The minimum absolute atomic E-state index is 0.00132. The van der Waals surface area contributed by atoms with E-state index in [1.807, 2.05) is 30.0 Å². The molecule has 0 spiro atoms. The number of rotatable bonds is 4. The number of aromatic nitrogens is 2. The monoisotopic (exact) mass is 341 g/mol. The van der Waals surface area contributed by atoms with E-state index in [-0.39, 0.29) is 18.0 Å². The Morgan fingerprint density at radius 2 is 1.96 bits per heavy atom. The molecule has 1 aliphatic heterocycles. The zero-order valence-corrected chi connectivity index (χ0v) is 15.2. The standard InChI is InChI=1S/C20H27N3O2/c1-3-7-16-8-6-12-22(13-11-16)19(24)14-23-20(25)18-10-5-4-9-17(18)15(2)21-23/h4-5,9-10,16H,3,6-8,11-14H2,1-2H3/t16-/m1/s1. The average molecular weight is 341 g/mol. The van der Waals surface area contributed by atoms with E-state index in [4.69, 9.17) is 0 Å². The molecular formula is C20H27N3O2. The molecule has 0 unspecified atom stereocenters. The Bertz CT molecular complexity index is 812. The summed E-state index contributed by atoms with van der Waals surface area (Å²) >= 11 is 0. The molecule has 0 N–H and O–H groups in total. The van der Waals surface area contributed by atoms with Gasteiger partial charge in [-0.1, -0.05) is 38.0 Å². The number of carbonyl (C=O) groups is 1. The Balaban J connectivity index is 1.76. The first-order chi connectivity index (χ1) is 12.1. The van der Waals surface area contributed by atoms with Crippen molar-refractivity contribution in [2.45, 2.75) is 52.5 Å². The van der Waals surface area contributed by atoms with Gasteiger partial charge in [-0.3, -0.25) is 9.59 Å². The smallest absolute Gasteiger partial charge is 0.275 e. The van der Waals surface area contributed by atoms with Gasteiger partial charge in [-0.25, -0.2) is 4.68 Å². The molecule has 2 aromatic rings. The summed E-state index contributed by atoms with van der Waals surface area (Å²) < 4.78 is 1.33. The lowest BCUT2D eigenvalue weighted by Gasteiger charge is -2.21. The van der Waals surface area contributed by atoms with Crippen molar-refractivity contribution < 1.29 is 4.79 Å². The number of nitrogens with zero attached hydrogens (tertiary/aromatic N) is 3. The van der Waals surface area contributed by atoms with E-state index in [1.165, 1.54) is 23.9 Å². The van der Waals surface area contributed by atoms with Crippen LogP contribution in [0.3, 0.4) is 0 Å². The Morgan fingerprint density at radius 3 is 2.72 bits per heavy atom. The van der Waals surface area contributed by atoms with Crippen molar-refractivity contribution in [1.82, 2.24) is 14.7 Å². The fraction of sp³-hybridized carbons (Fsp3) is 0.550. The molecule has 134 valence electrons. The normalized spacial score (nSPS) is 18.3. The predicted molar refractivity (Wildman–Crippen MR) is 99.6 cm³/mol. The zero-order chi connectivity index (χ0) is 17.8. The van der Waals surface area contributed by atoms with Crippen molar-refractivity contribution in [3.05, 3.63) is 40.3 Å². The molecule has 1 saturated heterocycles. The molecule has 1 fully saturated rings. The molecule has 5 nitrogen and oxygen atoms in total. The van der Waals surface area contributed by atoms with Crippen LogP contribution in [0.15, 0.2) is 29.1 Å². The van der Waals surface area contributed by atoms with Gasteiger partial charge in [0.15, 0.2) is 0 Å². The second-order valence-electron chi connectivity index (χ2n) is 7.06. The van der Waals surface area contributed by atoms with Crippen LogP contribution < -0.4 is 5.56 Å². The number of amides is 1. The first-order valence-electron chi connectivity index (χ1n) is 9.34. The summed E-state index contributed by atoms with van der Waals surface area (Å²) in [5, 5.41) is 5.84. The van der Waals surface area contributed by atoms with E-state index >= 15 is 0 Å². The van der Waals surface area contributed by atoms with E-state index in [1.54, 1.807) is 6.07 Å². The Morgan fingerprint density at radius 1 is 1.20 bits per heavy atom. The third-order valence-corrected chi connectivity index (χ3v) is 5.23. The highest BCUT2D eigenvalue weighted by Gasteiger charge is 2.21. The molecule has 0 saturated carbocycles. The Labute approximate surface area is 148 Å². The first-order valence-corrected chi connectivity index (χ1v) is 9.34. The maximum absolute atomic E-state index is 12.7. The van der Waals surface area contributed by atoms with Crippen molar-refractivity contribution in [2.75, 3.05) is 13.1 Å². The van der Waals surface area contributed by atoms with E-state index < -0.39 is 0 Å². The van der Waals surface area contributed by atoms with Crippen molar-refractivity contribution in [3.8, 4) is 0 Å². The maximum Gasteiger partial charge on any atom is 0.275 e. The van der Waals surface area contributed by atoms with Gasteiger partial charge in [0.2, 0.25) is 5.91 Å². The molecule has 1 atom stereocenters. The van der Waals surface area contributed by atoms with Gasteiger partial charge in [-0.15, -0.1) is 0 Å². The number of benzene rings is 1. The van der Waals surface area contributed by atoms with Gasteiger partial charge in [-0.2, -0.15) is 5.10 Å². The van der Waals surface area contributed by atoms with E-state index in [0.717, 1.165) is 42.9 Å². The minimum Gasteiger partial charge on any atom is -0.341 e. The zero-order valence-electron chi connectivity index (χ0n) is 15.2. The van der Waals surface area contributed by atoms with Crippen LogP contribution in [0.2, 0.25) is 0 Å². The average Bonchev–Trinajstić information content (AvgIpc) is 2.85. The predicted octanol–water partition coefficient (Wildman–Crippen LogP) is 3.13. The number of hydrogen-bond acceptors (Lipinski definition) is 3. The number of hydrogen-bond donors (Lipinski definition) is 0. The van der Waals surface area contributed by atoms with Crippen LogP contribution in [0.5, 0.6) is 0 Å². The highest BCUT2D eigenvalue weighted by Crippen LogP contribution is 2.22. The highest BCUT2D eigenvalue weighted by atomic mass is 16.2. The van der Waals surface area contributed by atoms with Crippen LogP contribution in [0, 0.1) is 12.8 Å². The second kappa shape index (κ2) is 7.81. The molecule has 1 aromatic heterocycles. The summed E-state index contributed by atoms with van der Waals surface area (Å²) in [4.78, 5) is 27.3. The van der Waals surface area contributed by atoms with Crippen molar-refractivity contribution in [2.24, 2.45) is 5.92 Å². The number of fused-ring (bicyclic) bond motifs is 1. The lowest BCUT2D eigenvalue weighted by atomic mass is 9.96. The molecule has 0 bridgehead atoms. The fourth-order valence-corrected chi connectivity index (χ4v) is 3.85. The SMILES string of the molecule is CCC[C@@H]1CCCN(C(=O)Cn2nc(C)c3ccccc3c2=O)CC1. The molecule has 3 rings (SSSR count). The molecule has 2 heterocycles. The van der Waals surface area contributed by atoms with E-state index in [0.29, 0.717) is 5.39 Å². The van der Waals surface area contributed by atoms with Crippen LogP contribution in [0.4, 0.5) is 0 Å². The quantitative estimate of drug-likeness (QED) is 0.858. The van der Waals surface area contributed by atoms with Gasteiger partial charge in [0.25, 0.3) is 5.56 Å². The molecule has 1 amide bonds. The molecule has 5 heteroatoms. The topological polar surface area (TPSA) is 55.2 Å². The van der Waals surface area contributed by atoms with Crippen molar-refractivity contribution >= 4 is 16.7 Å². The van der Waals surface area contributed by atoms with Crippen LogP contribution in [-0.2, 0) is 11.3 Å². The van der Waals surface area contributed by atoms with E-state index in [2.05, 4.69) is 12.0 Å². The molecule has 1 aliphatic rings. The lowest BCUT2D eigenvalue weighted by molar-refractivity contribution is -0.132. The lowest BCUT2D eigenvalue weighted by Crippen LogP contribution is -2.38. The molecule has 25 heavy (non-hydrogen) atoms. The van der Waals surface area contributed by atoms with Gasteiger partial charge in [0.1, 0.15) is 6.54 Å². The molecule has 1 aromatic carbocycles. The molecular weight excluding hydrogens is 314 g/mol. The molecule has 0 aliphatic carbocycles. The van der Waals surface area contributed by atoms with Crippen molar-refractivity contribution in [1.29, 1.82) is 0 Å². The summed E-state index contributed by atoms with van der Waals surface area (Å²) in [5.41, 5.74) is 0.593. The minimum atomic E-state index is -0.187. The number of likely N-dealkylation sites (tertiary alicyclic amines) is 1. The van der Waals surface area contributed by atoms with Gasteiger partial charge in [0, 0.05) is 18.5 Å². The summed E-state index contributed by atoms with van der Waals surface area (Å²) in [5.74, 6) is 0.730. The second-order valence-corrected chi connectivity index (χ2v) is 7.06. The summed E-state index contributed by atoms with van der Waals surface area (Å²) in [6.45, 7) is 5.71. The van der Waals surface area contributed by atoms with Crippen LogP contribution in [0.25, 0.3) is 10.8 Å². The van der Waals surface area contributed by atoms with Gasteiger partial charge in [-0.05, 0) is 38.2 Å². The maximum atomic E-state index is 12.7. The fourth-order valence-electron chi connectivity index (χ4n) is 3.85. The Kier molecular flexibility index (Phi) is 5.51.